The third-order valence-electron chi connectivity index (χ3n) is 5.07. The van der Waals surface area contributed by atoms with Crippen LogP contribution >= 0.6 is 0 Å². The van der Waals surface area contributed by atoms with Crippen molar-refractivity contribution in [1.82, 2.24) is 5.32 Å². The van der Waals surface area contributed by atoms with E-state index in [1.807, 2.05) is 25.1 Å². The summed E-state index contributed by atoms with van der Waals surface area (Å²) in [5.41, 5.74) is 3.89. The van der Waals surface area contributed by atoms with E-state index in [-0.39, 0.29) is 17.9 Å². The quantitative estimate of drug-likeness (QED) is 0.786. The van der Waals surface area contributed by atoms with E-state index in [0.29, 0.717) is 23.6 Å². The van der Waals surface area contributed by atoms with Crippen molar-refractivity contribution in [2.24, 2.45) is 0 Å². The van der Waals surface area contributed by atoms with E-state index in [2.05, 4.69) is 24.5 Å². The van der Waals surface area contributed by atoms with Crippen LogP contribution in [0, 0.1) is 6.92 Å². The fourth-order valence-corrected chi connectivity index (χ4v) is 3.44. The van der Waals surface area contributed by atoms with E-state index in [4.69, 9.17) is 4.74 Å². The topological polar surface area (TPSA) is 67.4 Å². The fourth-order valence-electron chi connectivity index (χ4n) is 3.44. The maximum atomic E-state index is 12.8. The zero-order valence-electron chi connectivity index (χ0n) is 16.7. The number of amides is 2. The Hall–Kier alpha value is -2.66. The largest absolute Gasteiger partial charge is 0.376 e. The number of hydrogen-bond acceptors (Lipinski definition) is 3. The second kappa shape index (κ2) is 9.02. The lowest BCUT2D eigenvalue weighted by molar-refractivity contribution is 0.0858. The number of carbonyl (C=O) groups excluding carboxylic acids is 2. The van der Waals surface area contributed by atoms with Gasteiger partial charge in [-0.05, 0) is 55.0 Å². The highest BCUT2D eigenvalue weighted by molar-refractivity contribution is 6.06. The van der Waals surface area contributed by atoms with Gasteiger partial charge in [-0.2, -0.15) is 0 Å². The lowest BCUT2D eigenvalue weighted by Gasteiger charge is -2.16. The first kappa shape index (κ1) is 20.1. The molecule has 1 heterocycles. The predicted octanol–water partition coefficient (Wildman–Crippen LogP) is 4.28. The Kier molecular flexibility index (Phi) is 6.47. The van der Waals surface area contributed by atoms with E-state index in [1.54, 1.807) is 24.3 Å². The van der Waals surface area contributed by atoms with Crippen LogP contribution in [0.15, 0.2) is 42.5 Å². The molecule has 1 aliphatic heterocycles. The van der Waals surface area contributed by atoms with E-state index in [0.717, 1.165) is 36.3 Å². The van der Waals surface area contributed by atoms with Gasteiger partial charge in [0.05, 0.1) is 6.10 Å². The van der Waals surface area contributed by atoms with E-state index >= 15 is 0 Å². The van der Waals surface area contributed by atoms with Crippen molar-refractivity contribution in [3.05, 3.63) is 64.7 Å². The van der Waals surface area contributed by atoms with Gasteiger partial charge in [0, 0.05) is 30.0 Å². The molecule has 148 valence electrons. The Morgan fingerprint density at radius 2 is 1.82 bits per heavy atom. The molecule has 28 heavy (non-hydrogen) atoms. The molecule has 3 rings (SSSR count). The Balaban J connectivity index is 1.71. The first-order chi connectivity index (χ1) is 13.5. The molecule has 0 saturated carbocycles. The average molecular weight is 380 g/mol. The Morgan fingerprint density at radius 1 is 1.11 bits per heavy atom. The summed E-state index contributed by atoms with van der Waals surface area (Å²) < 4.78 is 5.53. The molecule has 0 bridgehead atoms. The molecule has 1 atom stereocenters. The van der Waals surface area contributed by atoms with Crippen molar-refractivity contribution < 1.29 is 14.3 Å². The molecule has 0 spiro atoms. The van der Waals surface area contributed by atoms with Crippen LogP contribution in [-0.2, 0) is 4.74 Å². The highest BCUT2D eigenvalue weighted by atomic mass is 16.5. The number of carbonyl (C=O) groups is 2. The summed E-state index contributed by atoms with van der Waals surface area (Å²) in [6.45, 7) is 7.44. The summed E-state index contributed by atoms with van der Waals surface area (Å²) in [6.07, 6.45) is 2.09. The normalized spacial score (nSPS) is 16.2. The Morgan fingerprint density at radius 3 is 2.50 bits per heavy atom. The monoisotopic (exact) mass is 380 g/mol. The Labute approximate surface area is 166 Å². The molecule has 1 fully saturated rings. The minimum Gasteiger partial charge on any atom is -0.376 e. The number of aryl methyl sites for hydroxylation is 1. The molecule has 1 saturated heterocycles. The highest BCUT2D eigenvalue weighted by Crippen LogP contribution is 2.28. The van der Waals surface area contributed by atoms with Crippen LogP contribution in [0.1, 0.15) is 64.4 Å². The van der Waals surface area contributed by atoms with Gasteiger partial charge < -0.3 is 15.4 Å². The molecule has 2 aromatic carbocycles. The number of hydrogen-bond donors (Lipinski definition) is 2. The summed E-state index contributed by atoms with van der Waals surface area (Å²) in [6, 6.07) is 12.8. The van der Waals surface area contributed by atoms with E-state index in [1.165, 1.54) is 0 Å². The van der Waals surface area contributed by atoms with Gasteiger partial charge in [0.2, 0.25) is 0 Å². The van der Waals surface area contributed by atoms with Crippen molar-refractivity contribution in [3.8, 4) is 0 Å². The number of ether oxygens (including phenoxy) is 1. The molecule has 2 aromatic rings. The fraction of sp³-hybridized carbons (Fsp3) is 0.391. The smallest absolute Gasteiger partial charge is 0.255 e. The molecule has 2 N–H and O–H groups in total. The molecular weight excluding hydrogens is 352 g/mol. The lowest BCUT2D eigenvalue weighted by atomic mass is 9.98. The van der Waals surface area contributed by atoms with Crippen molar-refractivity contribution in [3.63, 3.8) is 0 Å². The van der Waals surface area contributed by atoms with Crippen molar-refractivity contribution in [2.75, 3.05) is 18.5 Å². The van der Waals surface area contributed by atoms with Crippen molar-refractivity contribution in [2.45, 2.75) is 45.6 Å². The first-order valence-corrected chi connectivity index (χ1v) is 9.86. The van der Waals surface area contributed by atoms with Crippen LogP contribution in [0.4, 0.5) is 5.69 Å². The lowest BCUT2D eigenvalue weighted by Crippen LogP contribution is -2.31. The summed E-state index contributed by atoms with van der Waals surface area (Å²) in [5.74, 6) is -0.112. The summed E-state index contributed by atoms with van der Waals surface area (Å²) in [4.78, 5) is 25.3. The first-order valence-electron chi connectivity index (χ1n) is 9.86. The predicted molar refractivity (Wildman–Crippen MR) is 111 cm³/mol. The van der Waals surface area contributed by atoms with Crippen LogP contribution in [0.5, 0.6) is 0 Å². The van der Waals surface area contributed by atoms with Crippen LogP contribution < -0.4 is 10.6 Å². The number of nitrogens with one attached hydrogen (secondary N) is 2. The summed E-state index contributed by atoms with van der Waals surface area (Å²) in [7, 11) is 0. The van der Waals surface area contributed by atoms with E-state index in [9.17, 15) is 9.59 Å². The summed E-state index contributed by atoms with van der Waals surface area (Å²) >= 11 is 0. The molecule has 1 unspecified atom stereocenters. The molecule has 5 heteroatoms. The van der Waals surface area contributed by atoms with Gasteiger partial charge in [0.15, 0.2) is 0 Å². The zero-order valence-corrected chi connectivity index (χ0v) is 16.7. The second-order valence-corrected chi connectivity index (χ2v) is 7.57. The average Bonchev–Trinajstić information content (AvgIpc) is 3.21. The van der Waals surface area contributed by atoms with Gasteiger partial charge >= 0.3 is 0 Å². The third kappa shape index (κ3) is 4.78. The van der Waals surface area contributed by atoms with Gasteiger partial charge in [-0.25, -0.2) is 0 Å². The van der Waals surface area contributed by atoms with Gasteiger partial charge in [-0.15, -0.1) is 0 Å². The van der Waals surface area contributed by atoms with Crippen LogP contribution in [-0.4, -0.2) is 31.1 Å². The third-order valence-corrected chi connectivity index (χ3v) is 5.07. The van der Waals surface area contributed by atoms with Crippen LogP contribution in [0.25, 0.3) is 0 Å². The Bertz CT molecular complexity index is 855. The number of benzene rings is 2. The van der Waals surface area contributed by atoms with Crippen LogP contribution in [0.2, 0.25) is 0 Å². The van der Waals surface area contributed by atoms with Crippen molar-refractivity contribution >= 4 is 17.5 Å². The highest BCUT2D eigenvalue weighted by Gasteiger charge is 2.18. The van der Waals surface area contributed by atoms with Gasteiger partial charge in [-0.1, -0.05) is 38.1 Å². The number of para-hydroxylation sites is 1. The van der Waals surface area contributed by atoms with Gasteiger partial charge in [0.1, 0.15) is 0 Å². The molecule has 0 aliphatic carbocycles. The van der Waals surface area contributed by atoms with E-state index < -0.39 is 0 Å². The molecule has 0 aromatic heterocycles. The maximum Gasteiger partial charge on any atom is 0.255 e. The standard InChI is InChI=1S/C23H28N2O3/c1-15(2)20-11-4-7-16(3)21(20)25-23(27)18-9-5-8-17(13-18)22(26)24-14-19-10-6-12-28-19/h4-5,7-9,11,13,15,19H,6,10,12,14H2,1-3H3,(H,24,26)(H,25,27). The molecule has 2 amide bonds. The number of rotatable bonds is 6. The minimum absolute atomic E-state index is 0.0888. The molecule has 5 nitrogen and oxygen atoms in total. The molecule has 1 aliphatic rings. The molecule has 0 radical (unpaired) electrons. The molecular formula is C23H28N2O3. The number of anilines is 1. The minimum atomic E-state index is -0.218. The van der Waals surface area contributed by atoms with Crippen molar-refractivity contribution in [1.29, 1.82) is 0 Å². The SMILES string of the molecule is Cc1cccc(C(C)C)c1NC(=O)c1cccc(C(=O)NCC2CCCO2)c1. The second-order valence-electron chi connectivity index (χ2n) is 7.57. The van der Waals surface area contributed by atoms with Crippen LogP contribution in [0.3, 0.4) is 0 Å². The van der Waals surface area contributed by atoms with Gasteiger partial charge in [-0.3, -0.25) is 9.59 Å². The van der Waals surface area contributed by atoms with Gasteiger partial charge in [0.25, 0.3) is 11.8 Å². The zero-order chi connectivity index (χ0) is 20.1. The maximum absolute atomic E-state index is 12.8. The summed E-state index contributed by atoms with van der Waals surface area (Å²) in [5, 5.41) is 5.92.